The van der Waals surface area contributed by atoms with Gasteiger partial charge in [0, 0.05) is 11.4 Å². The highest BCUT2D eigenvalue weighted by Crippen LogP contribution is 2.41. The van der Waals surface area contributed by atoms with E-state index in [0.29, 0.717) is 52.4 Å². The number of nitrogens with zero attached hydrogens (tertiary/aromatic N) is 2. The van der Waals surface area contributed by atoms with E-state index in [9.17, 15) is 14.4 Å². The van der Waals surface area contributed by atoms with Crippen molar-refractivity contribution in [3.63, 3.8) is 0 Å². The summed E-state index contributed by atoms with van der Waals surface area (Å²) >= 11 is 8.18. The maximum absolute atomic E-state index is 14.0. The lowest BCUT2D eigenvalue weighted by Crippen LogP contribution is -2.40. The lowest BCUT2D eigenvalue weighted by Gasteiger charge is -2.26. The van der Waals surface area contributed by atoms with Crippen LogP contribution in [0.25, 0.3) is 6.08 Å². The van der Waals surface area contributed by atoms with Crippen molar-refractivity contribution in [2.24, 2.45) is 4.99 Å². The highest BCUT2D eigenvalue weighted by Gasteiger charge is 2.35. The molecule has 1 aromatic heterocycles. The molecule has 0 N–H and O–H groups in total. The van der Waals surface area contributed by atoms with E-state index in [0.717, 1.165) is 0 Å². The Balaban J connectivity index is 1.98. The van der Waals surface area contributed by atoms with E-state index in [1.54, 1.807) is 44.2 Å². The van der Waals surface area contributed by atoms with Gasteiger partial charge in [0.2, 0.25) is 0 Å². The standard InChI is InChI=1S/C28H26Br2N2O8S/c1-7-39-27(35)23-13(2)31-28-32(24(23)16-11-19(36-4)20(37-5)12-17(16)29)26(34)22(41-28)10-15-8-18(30)25(40-14(3)33)21(9-15)38-6/h8-12,24H,7H2,1-6H3/b22-10-/t24-/m1/s1. The van der Waals surface area contributed by atoms with Gasteiger partial charge in [-0.3, -0.25) is 14.2 Å². The third kappa shape index (κ3) is 5.97. The molecular weight excluding hydrogens is 684 g/mol. The monoisotopic (exact) mass is 708 g/mol. The summed E-state index contributed by atoms with van der Waals surface area (Å²) in [6, 6.07) is 5.93. The minimum absolute atomic E-state index is 0.153. The van der Waals surface area contributed by atoms with Crippen molar-refractivity contribution in [2.75, 3.05) is 27.9 Å². The van der Waals surface area contributed by atoms with Crippen LogP contribution in [0.15, 0.2) is 54.3 Å². The number of fused-ring (bicyclic) bond motifs is 1. The number of hydrogen-bond donors (Lipinski definition) is 0. The summed E-state index contributed by atoms with van der Waals surface area (Å²) in [5, 5.41) is 0. The summed E-state index contributed by atoms with van der Waals surface area (Å²) in [6.07, 6.45) is 1.68. The number of hydrogen-bond acceptors (Lipinski definition) is 10. The first-order chi connectivity index (χ1) is 19.5. The van der Waals surface area contributed by atoms with E-state index >= 15 is 0 Å². The van der Waals surface area contributed by atoms with E-state index < -0.39 is 18.0 Å². The SMILES string of the molecule is CCOC(=O)C1=C(C)N=c2s/c(=C\c3cc(Br)c(OC(C)=O)c(OC)c3)c(=O)n2[C@@H]1c1cc(OC)c(OC)cc1Br. The predicted molar refractivity (Wildman–Crippen MR) is 160 cm³/mol. The van der Waals surface area contributed by atoms with Crippen molar-refractivity contribution < 1.29 is 33.3 Å². The van der Waals surface area contributed by atoms with Crippen molar-refractivity contribution in [1.29, 1.82) is 0 Å². The lowest BCUT2D eigenvalue weighted by molar-refractivity contribution is -0.139. The summed E-state index contributed by atoms with van der Waals surface area (Å²) in [5.74, 6) is 0.359. The van der Waals surface area contributed by atoms with Crippen molar-refractivity contribution in [2.45, 2.75) is 26.8 Å². The average Bonchev–Trinajstić information content (AvgIpc) is 3.22. The maximum atomic E-state index is 14.0. The molecule has 41 heavy (non-hydrogen) atoms. The third-order valence-corrected chi connectivity index (χ3v) is 8.37. The molecule has 0 radical (unpaired) electrons. The number of thiazole rings is 1. The summed E-state index contributed by atoms with van der Waals surface area (Å²) in [4.78, 5) is 43.8. The molecule has 2 aromatic carbocycles. The zero-order valence-corrected chi connectivity index (χ0v) is 27.0. The third-order valence-electron chi connectivity index (χ3n) is 6.11. The molecule has 0 saturated heterocycles. The van der Waals surface area contributed by atoms with Crippen LogP contribution >= 0.6 is 43.2 Å². The summed E-state index contributed by atoms with van der Waals surface area (Å²) in [5.41, 5.74) is 1.49. The van der Waals surface area contributed by atoms with Crippen LogP contribution in [-0.4, -0.2) is 44.4 Å². The molecule has 216 valence electrons. The lowest BCUT2D eigenvalue weighted by atomic mass is 9.95. The number of carbonyl (C=O) groups is 2. The fourth-order valence-electron chi connectivity index (χ4n) is 4.38. The topological polar surface area (TPSA) is 115 Å². The van der Waals surface area contributed by atoms with Crippen LogP contribution in [-0.2, 0) is 14.3 Å². The first kappa shape index (κ1) is 30.5. The Hall–Kier alpha value is -3.42. The molecule has 0 spiro atoms. The first-order valence-electron chi connectivity index (χ1n) is 12.2. The molecule has 1 aliphatic heterocycles. The molecule has 1 atom stereocenters. The van der Waals surface area contributed by atoms with Crippen molar-refractivity contribution >= 4 is 61.2 Å². The van der Waals surface area contributed by atoms with E-state index in [2.05, 4.69) is 36.9 Å². The number of aromatic nitrogens is 1. The van der Waals surface area contributed by atoms with Crippen LogP contribution in [0.1, 0.15) is 37.9 Å². The quantitative estimate of drug-likeness (QED) is 0.252. The largest absolute Gasteiger partial charge is 0.493 e. The first-order valence-corrected chi connectivity index (χ1v) is 14.6. The number of benzene rings is 2. The van der Waals surface area contributed by atoms with Gasteiger partial charge < -0.3 is 23.7 Å². The number of rotatable bonds is 8. The van der Waals surface area contributed by atoms with Gasteiger partial charge in [-0.2, -0.15) is 0 Å². The molecular formula is C28H26Br2N2O8S. The number of ether oxygens (including phenoxy) is 5. The van der Waals surface area contributed by atoms with Crippen LogP contribution < -0.4 is 33.8 Å². The normalized spacial score (nSPS) is 14.7. The summed E-state index contributed by atoms with van der Waals surface area (Å²) < 4.78 is 29.9. The van der Waals surface area contributed by atoms with Gasteiger partial charge in [0.1, 0.15) is 0 Å². The molecule has 0 unspecified atom stereocenters. The number of esters is 2. The molecule has 0 aliphatic carbocycles. The molecule has 3 aromatic rings. The second-order valence-electron chi connectivity index (χ2n) is 8.66. The smallest absolute Gasteiger partial charge is 0.338 e. The second kappa shape index (κ2) is 12.6. The van der Waals surface area contributed by atoms with Gasteiger partial charge >= 0.3 is 11.9 Å². The molecule has 2 heterocycles. The Labute approximate surface area is 256 Å². The van der Waals surface area contributed by atoms with E-state index in [1.807, 2.05) is 0 Å². The van der Waals surface area contributed by atoms with Crippen LogP contribution in [0.2, 0.25) is 0 Å². The molecule has 10 nitrogen and oxygen atoms in total. The van der Waals surface area contributed by atoms with Crippen LogP contribution in [0.3, 0.4) is 0 Å². The van der Waals surface area contributed by atoms with E-state index in [1.165, 1.54) is 44.2 Å². The van der Waals surface area contributed by atoms with Gasteiger partial charge in [0.05, 0.1) is 54.3 Å². The molecule has 4 rings (SSSR count). The summed E-state index contributed by atoms with van der Waals surface area (Å²) in [7, 11) is 4.48. The summed E-state index contributed by atoms with van der Waals surface area (Å²) in [6.45, 7) is 4.87. The molecule has 0 fully saturated rings. The Morgan fingerprint density at radius 3 is 2.29 bits per heavy atom. The number of allylic oxidation sites excluding steroid dienone is 1. The number of carbonyl (C=O) groups excluding carboxylic acids is 2. The van der Waals surface area contributed by atoms with Crippen molar-refractivity contribution in [3.05, 3.63) is 75.3 Å². The van der Waals surface area contributed by atoms with E-state index in [-0.39, 0.29) is 23.5 Å². The Bertz CT molecular complexity index is 1760. The minimum atomic E-state index is -0.866. The zero-order valence-electron chi connectivity index (χ0n) is 23.0. The van der Waals surface area contributed by atoms with Gasteiger partial charge in [-0.15, -0.1) is 0 Å². The fourth-order valence-corrected chi connectivity index (χ4v) is 6.51. The molecule has 13 heteroatoms. The number of methoxy groups -OCH3 is 3. The Kier molecular flexibility index (Phi) is 9.40. The fraction of sp³-hybridized carbons (Fsp3) is 0.286. The molecule has 0 saturated carbocycles. The minimum Gasteiger partial charge on any atom is -0.493 e. The predicted octanol–water partition coefficient (Wildman–Crippen LogP) is 4.27. The average molecular weight is 710 g/mol. The van der Waals surface area contributed by atoms with Crippen molar-refractivity contribution in [3.8, 4) is 23.0 Å². The Morgan fingerprint density at radius 1 is 1.02 bits per heavy atom. The van der Waals surface area contributed by atoms with Crippen LogP contribution in [0.4, 0.5) is 0 Å². The maximum Gasteiger partial charge on any atom is 0.338 e. The molecule has 0 bridgehead atoms. The van der Waals surface area contributed by atoms with Crippen LogP contribution in [0, 0.1) is 0 Å². The van der Waals surface area contributed by atoms with Gasteiger partial charge in [-0.1, -0.05) is 27.3 Å². The second-order valence-corrected chi connectivity index (χ2v) is 11.4. The highest BCUT2D eigenvalue weighted by molar-refractivity contribution is 9.10. The number of halogens is 2. The Morgan fingerprint density at radius 2 is 1.68 bits per heavy atom. The van der Waals surface area contributed by atoms with Gasteiger partial charge in [0.15, 0.2) is 27.8 Å². The van der Waals surface area contributed by atoms with Crippen molar-refractivity contribution in [1.82, 2.24) is 4.57 Å². The molecule has 1 aliphatic rings. The van der Waals surface area contributed by atoms with Gasteiger partial charge in [0.25, 0.3) is 5.56 Å². The zero-order chi connectivity index (χ0) is 30.0. The molecule has 0 amide bonds. The van der Waals surface area contributed by atoms with Gasteiger partial charge in [-0.25, -0.2) is 9.79 Å². The highest BCUT2D eigenvalue weighted by atomic mass is 79.9. The van der Waals surface area contributed by atoms with Crippen LogP contribution in [0.5, 0.6) is 23.0 Å². The van der Waals surface area contributed by atoms with Gasteiger partial charge in [-0.05, 0) is 71.2 Å². The van der Waals surface area contributed by atoms with E-state index in [4.69, 9.17) is 23.7 Å².